The number of aromatic hydroxyl groups is 2. The molecule has 7 nitrogen and oxygen atoms in total. The Morgan fingerprint density at radius 1 is 0.913 bits per heavy atom. The summed E-state index contributed by atoms with van der Waals surface area (Å²) in [4.78, 5) is 10.7. The number of phenolic OH excluding ortho intramolecular Hbond substituents is 2. The lowest BCUT2D eigenvalue weighted by atomic mass is 10.3. The second-order valence-electron chi connectivity index (χ2n) is 4.31. The van der Waals surface area contributed by atoms with Gasteiger partial charge in [-0.15, -0.1) is 0 Å². The van der Waals surface area contributed by atoms with Crippen molar-refractivity contribution in [1.82, 2.24) is 0 Å². The summed E-state index contributed by atoms with van der Waals surface area (Å²) in [5.74, 6) is -0.214. The van der Waals surface area contributed by atoms with Crippen molar-refractivity contribution in [2.45, 2.75) is 9.79 Å². The lowest BCUT2D eigenvalue weighted by Crippen LogP contribution is -1.92. The fraction of sp³-hybridized carbons (Fsp3) is 0.143. The van der Waals surface area contributed by atoms with Crippen LogP contribution in [0.2, 0.25) is 0 Å². The molecule has 2 rings (SSSR count). The molecule has 2 aromatic carbocycles. The van der Waals surface area contributed by atoms with Gasteiger partial charge in [-0.05, 0) is 36.4 Å². The van der Waals surface area contributed by atoms with Crippen LogP contribution in [0.4, 0.5) is 5.69 Å². The second-order valence-corrected chi connectivity index (χ2v) is 7.07. The first-order chi connectivity index (χ1) is 10.7. The standard InChI is InChI=1S/C7H7NO4S.C7H8O2S/c1-13(12)5-2-3-7(9)6(4-5)8(10)11;1-10(9)7-4-2-6(8)3-5-7/h2-4,9H,1H3;2-5,8H,1H3. The van der Waals surface area contributed by atoms with Gasteiger partial charge >= 0.3 is 5.69 Å². The molecule has 2 N–H and O–H groups in total. The molecular formula is C14H15NO6S2. The molecule has 0 radical (unpaired) electrons. The van der Waals surface area contributed by atoms with Crippen molar-refractivity contribution in [3.63, 3.8) is 0 Å². The molecular weight excluding hydrogens is 342 g/mol. The van der Waals surface area contributed by atoms with Gasteiger partial charge in [0.05, 0.1) is 15.7 Å². The predicted molar refractivity (Wildman–Crippen MR) is 87.5 cm³/mol. The SMILES string of the molecule is CS(=O)c1ccc(O)c([N+](=O)[O-])c1.CS(=O)c1ccc(O)cc1. The Kier molecular flexibility index (Phi) is 6.86. The molecule has 124 valence electrons. The third-order valence-corrected chi connectivity index (χ3v) is 4.50. The van der Waals surface area contributed by atoms with Gasteiger partial charge < -0.3 is 10.2 Å². The molecule has 0 heterocycles. The van der Waals surface area contributed by atoms with Gasteiger partial charge in [0.1, 0.15) is 5.75 Å². The van der Waals surface area contributed by atoms with E-state index in [9.17, 15) is 18.5 Å². The first kappa shape index (κ1) is 18.8. The van der Waals surface area contributed by atoms with Gasteiger partial charge in [-0.2, -0.15) is 0 Å². The van der Waals surface area contributed by atoms with Crippen LogP contribution in [-0.4, -0.2) is 36.1 Å². The maximum atomic E-state index is 10.9. The zero-order valence-corrected chi connectivity index (χ0v) is 14.0. The van der Waals surface area contributed by atoms with Crippen molar-refractivity contribution in [1.29, 1.82) is 0 Å². The monoisotopic (exact) mass is 357 g/mol. The fourth-order valence-electron chi connectivity index (χ4n) is 1.47. The van der Waals surface area contributed by atoms with Gasteiger partial charge in [-0.1, -0.05) is 0 Å². The van der Waals surface area contributed by atoms with Gasteiger partial charge in [0.25, 0.3) is 0 Å². The van der Waals surface area contributed by atoms with Gasteiger partial charge in [0.15, 0.2) is 5.75 Å². The highest BCUT2D eigenvalue weighted by atomic mass is 32.2. The number of nitro benzene ring substituents is 1. The highest BCUT2D eigenvalue weighted by Gasteiger charge is 2.14. The van der Waals surface area contributed by atoms with Crippen LogP contribution in [0.15, 0.2) is 52.3 Å². The van der Waals surface area contributed by atoms with Crippen molar-refractivity contribution in [3.8, 4) is 11.5 Å². The largest absolute Gasteiger partial charge is 0.508 e. The Morgan fingerprint density at radius 3 is 1.83 bits per heavy atom. The summed E-state index contributed by atoms with van der Waals surface area (Å²) >= 11 is 0. The zero-order chi connectivity index (χ0) is 17.6. The Hall–Kier alpha value is -2.26. The van der Waals surface area contributed by atoms with Gasteiger partial charge in [-0.3, -0.25) is 18.5 Å². The molecule has 0 amide bonds. The summed E-state index contributed by atoms with van der Waals surface area (Å²) in [5, 5.41) is 28.2. The van der Waals surface area contributed by atoms with Crippen LogP contribution in [0, 0.1) is 10.1 Å². The molecule has 0 spiro atoms. The van der Waals surface area contributed by atoms with Crippen molar-refractivity contribution < 1.29 is 23.6 Å². The van der Waals surface area contributed by atoms with Gasteiger partial charge in [0, 0.05) is 39.2 Å². The third kappa shape index (κ3) is 5.80. The minimum atomic E-state index is -1.28. The minimum Gasteiger partial charge on any atom is -0.508 e. The average molecular weight is 357 g/mol. The summed E-state index contributed by atoms with van der Waals surface area (Å²) in [7, 11) is -2.23. The van der Waals surface area contributed by atoms with Crippen LogP contribution in [0.5, 0.6) is 11.5 Å². The van der Waals surface area contributed by atoms with E-state index in [4.69, 9.17) is 10.2 Å². The molecule has 2 atom stereocenters. The van der Waals surface area contributed by atoms with E-state index in [0.29, 0.717) is 4.90 Å². The highest BCUT2D eigenvalue weighted by Crippen LogP contribution is 2.27. The normalized spacial score (nSPS) is 12.6. The molecule has 0 saturated heterocycles. The average Bonchev–Trinajstić information content (AvgIpc) is 2.48. The summed E-state index contributed by atoms with van der Waals surface area (Å²) in [5.41, 5.74) is -0.423. The fourth-order valence-corrected chi connectivity index (χ4v) is 2.52. The van der Waals surface area contributed by atoms with Crippen molar-refractivity contribution in [2.75, 3.05) is 12.5 Å². The Balaban J connectivity index is 0.000000238. The van der Waals surface area contributed by atoms with Crippen LogP contribution in [-0.2, 0) is 21.6 Å². The van der Waals surface area contributed by atoms with Crippen molar-refractivity contribution >= 4 is 27.3 Å². The van der Waals surface area contributed by atoms with Crippen LogP contribution >= 0.6 is 0 Å². The molecule has 2 aromatic rings. The van der Waals surface area contributed by atoms with E-state index in [1.54, 1.807) is 18.4 Å². The second kappa shape index (κ2) is 8.39. The van der Waals surface area contributed by atoms with Crippen molar-refractivity contribution in [2.24, 2.45) is 0 Å². The topological polar surface area (TPSA) is 118 Å². The third-order valence-electron chi connectivity index (χ3n) is 2.64. The molecule has 2 unspecified atom stereocenters. The zero-order valence-electron chi connectivity index (χ0n) is 12.3. The molecule has 0 aliphatic rings. The van der Waals surface area contributed by atoms with E-state index in [1.807, 2.05) is 0 Å². The van der Waals surface area contributed by atoms with Gasteiger partial charge in [-0.25, -0.2) is 0 Å². The molecule has 0 aromatic heterocycles. The highest BCUT2D eigenvalue weighted by molar-refractivity contribution is 7.84. The number of benzene rings is 2. The van der Waals surface area contributed by atoms with Gasteiger partial charge in [0.2, 0.25) is 0 Å². The summed E-state index contributed by atoms with van der Waals surface area (Å²) in [6, 6.07) is 9.99. The maximum absolute atomic E-state index is 10.9. The molecule has 0 saturated carbocycles. The molecule has 0 fully saturated rings. The maximum Gasteiger partial charge on any atom is 0.311 e. The molecule has 0 aliphatic heterocycles. The number of hydrogen-bond donors (Lipinski definition) is 2. The van der Waals surface area contributed by atoms with Crippen LogP contribution in [0.1, 0.15) is 0 Å². The number of rotatable bonds is 3. The number of nitrogens with zero attached hydrogens (tertiary/aromatic N) is 1. The lowest BCUT2D eigenvalue weighted by Gasteiger charge is -1.98. The van der Waals surface area contributed by atoms with Crippen LogP contribution in [0.3, 0.4) is 0 Å². The first-order valence-corrected chi connectivity index (χ1v) is 9.27. The number of nitro groups is 1. The van der Waals surface area contributed by atoms with Crippen molar-refractivity contribution in [3.05, 3.63) is 52.6 Å². The Labute approximate surface area is 137 Å². The lowest BCUT2D eigenvalue weighted by molar-refractivity contribution is -0.386. The first-order valence-electron chi connectivity index (χ1n) is 6.15. The van der Waals surface area contributed by atoms with E-state index in [1.165, 1.54) is 24.5 Å². The summed E-state index contributed by atoms with van der Waals surface area (Å²) < 4.78 is 21.7. The Morgan fingerprint density at radius 2 is 1.39 bits per heavy atom. The Bertz CT molecular complexity index is 745. The van der Waals surface area contributed by atoms with E-state index >= 15 is 0 Å². The number of phenols is 2. The smallest absolute Gasteiger partial charge is 0.311 e. The molecule has 23 heavy (non-hydrogen) atoms. The molecule has 0 bridgehead atoms. The van der Waals surface area contributed by atoms with E-state index < -0.39 is 38.0 Å². The predicted octanol–water partition coefficient (Wildman–Crippen LogP) is 2.17. The quantitative estimate of drug-likeness (QED) is 0.642. The number of hydrogen-bond acceptors (Lipinski definition) is 6. The summed E-state index contributed by atoms with van der Waals surface area (Å²) in [6.07, 6.45) is 3.02. The van der Waals surface area contributed by atoms with E-state index in [-0.39, 0.29) is 5.75 Å². The summed E-state index contributed by atoms with van der Waals surface area (Å²) in [6.45, 7) is 0. The van der Waals surface area contributed by atoms with E-state index in [2.05, 4.69) is 0 Å². The molecule has 9 heteroatoms. The van der Waals surface area contributed by atoms with E-state index in [0.717, 1.165) is 17.0 Å². The molecule has 0 aliphatic carbocycles. The van der Waals surface area contributed by atoms with Crippen LogP contribution in [0.25, 0.3) is 0 Å². The minimum absolute atomic E-state index is 0.203. The van der Waals surface area contributed by atoms with Crippen LogP contribution < -0.4 is 0 Å².